The molecule has 6 nitrogen and oxygen atoms in total. The number of methoxy groups -OCH3 is 1. The number of carbonyl (C=O) groups is 1. The number of sulfonamides is 1. The number of amides is 1. The summed E-state index contributed by atoms with van der Waals surface area (Å²) in [6.07, 6.45) is 0.673. The Labute approximate surface area is 154 Å². The lowest BCUT2D eigenvalue weighted by atomic mass is 10.1. The van der Waals surface area contributed by atoms with Gasteiger partial charge in [-0.3, -0.25) is 4.79 Å². The summed E-state index contributed by atoms with van der Waals surface area (Å²) in [7, 11) is -2.22. The Morgan fingerprint density at radius 1 is 1.19 bits per heavy atom. The molecule has 0 aliphatic heterocycles. The summed E-state index contributed by atoms with van der Waals surface area (Å²) in [6.45, 7) is 5.53. The summed E-state index contributed by atoms with van der Waals surface area (Å²) in [4.78, 5) is 12.6. The molecule has 2 aromatic rings. The van der Waals surface area contributed by atoms with Gasteiger partial charge in [0.05, 0.1) is 17.7 Å². The van der Waals surface area contributed by atoms with Gasteiger partial charge in [0, 0.05) is 11.6 Å². The van der Waals surface area contributed by atoms with Crippen LogP contribution in [0.3, 0.4) is 0 Å². The highest BCUT2D eigenvalue weighted by atomic mass is 32.2. The Bertz CT molecular complexity index is 894. The number of anilines is 1. The van der Waals surface area contributed by atoms with Crippen molar-refractivity contribution in [1.82, 2.24) is 4.72 Å². The number of carbonyl (C=O) groups excluding carboxylic acids is 1. The van der Waals surface area contributed by atoms with E-state index < -0.39 is 10.0 Å². The van der Waals surface area contributed by atoms with Gasteiger partial charge in [0.15, 0.2) is 0 Å². The fraction of sp³-hybridized carbons (Fsp3) is 0.316. The SMILES string of the molecule is CC[C@@H](C)NS(=O)(=O)c1ccc(OC)c(NC(=O)c2ccccc2C)c1. The first-order chi connectivity index (χ1) is 12.3. The van der Waals surface area contributed by atoms with E-state index >= 15 is 0 Å². The predicted octanol–water partition coefficient (Wildman–Crippen LogP) is 3.33. The Hall–Kier alpha value is -2.38. The van der Waals surface area contributed by atoms with Gasteiger partial charge in [0.1, 0.15) is 5.75 Å². The van der Waals surface area contributed by atoms with E-state index in [0.29, 0.717) is 23.4 Å². The molecule has 0 saturated heterocycles. The number of rotatable bonds is 7. The van der Waals surface area contributed by atoms with Gasteiger partial charge in [-0.2, -0.15) is 0 Å². The van der Waals surface area contributed by atoms with Crippen LogP contribution < -0.4 is 14.8 Å². The fourth-order valence-electron chi connectivity index (χ4n) is 2.39. The lowest BCUT2D eigenvalue weighted by Crippen LogP contribution is -2.32. The molecule has 7 heteroatoms. The van der Waals surface area contributed by atoms with E-state index in [1.165, 1.54) is 25.3 Å². The topological polar surface area (TPSA) is 84.5 Å². The molecule has 140 valence electrons. The van der Waals surface area contributed by atoms with Crippen molar-refractivity contribution >= 4 is 21.6 Å². The summed E-state index contributed by atoms with van der Waals surface area (Å²) in [5, 5.41) is 2.74. The smallest absolute Gasteiger partial charge is 0.256 e. The van der Waals surface area contributed by atoms with Gasteiger partial charge in [0.25, 0.3) is 5.91 Å². The molecule has 0 fully saturated rings. The average Bonchev–Trinajstić information content (AvgIpc) is 2.61. The molecule has 1 amide bonds. The Kier molecular flexibility index (Phi) is 6.39. The van der Waals surface area contributed by atoms with Crippen LogP contribution in [-0.2, 0) is 10.0 Å². The first kappa shape index (κ1) is 19.9. The van der Waals surface area contributed by atoms with Crippen LogP contribution in [-0.4, -0.2) is 27.5 Å². The average molecular weight is 376 g/mol. The molecule has 0 heterocycles. The molecule has 26 heavy (non-hydrogen) atoms. The largest absolute Gasteiger partial charge is 0.495 e. The van der Waals surface area contributed by atoms with Gasteiger partial charge < -0.3 is 10.1 Å². The van der Waals surface area contributed by atoms with E-state index in [9.17, 15) is 13.2 Å². The maximum absolute atomic E-state index is 12.6. The summed E-state index contributed by atoms with van der Waals surface area (Å²) in [5.41, 5.74) is 1.64. The molecule has 0 radical (unpaired) electrons. The third kappa shape index (κ3) is 4.62. The van der Waals surface area contributed by atoms with Gasteiger partial charge in [-0.15, -0.1) is 0 Å². The summed E-state index contributed by atoms with van der Waals surface area (Å²) >= 11 is 0. The quantitative estimate of drug-likeness (QED) is 0.776. The molecule has 0 aliphatic rings. The molecule has 0 spiro atoms. The van der Waals surface area contributed by atoms with Gasteiger partial charge >= 0.3 is 0 Å². The van der Waals surface area contributed by atoms with Gasteiger partial charge in [-0.25, -0.2) is 13.1 Å². The van der Waals surface area contributed by atoms with Gasteiger partial charge in [-0.1, -0.05) is 25.1 Å². The summed E-state index contributed by atoms with van der Waals surface area (Å²) in [6, 6.07) is 11.4. The normalized spacial score (nSPS) is 12.5. The van der Waals surface area contributed by atoms with Crippen LogP contribution in [0.1, 0.15) is 36.2 Å². The number of benzene rings is 2. The minimum absolute atomic E-state index is 0.0682. The van der Waals surface area contributed by atoms with Gasteiger partial charge in [-0.05, 0) is 50.1 Å². The molecule has 2 N–H and O–H groups in total. The summed E-state index contributed by atoms with van der Waals surface area (Å²) in [5.74, 6) is 0.0558. The van der Waals surface area contributed by atoms with Crippen LogP contribution in [0.4, 0.5) is 5.69 Å². The second-order valence-corrected chi connectivity index (χ2v) is 7.78. The number of nitrogens with one attached hydrogen (secondary N) is 2. The third-order valence-corrected chi connectivity index (χ3v) is 5.68. The number of aryl methyl sites for hydroxylation is 1. The van der Waals surface area contributed by atoms with E-state index in [1.807, 2.05) is 26.0 Å². The molecule has 2 aromatic carbocycles. The van der Waals surface area contributed by atoms with Crippen molar-refractivity contribution in [1.29, 1.82) is 0 Å². The van der Waals surface area contributed by atoms with Gasteiger partial charge in [0.2, 0.25) is 10.0 Å². The molecule has 1 atom stereocenters. The number of hydrogen-bond acceptors (Lipinski definition) is 4. The van der Waals surface area contributed by atoms with Crippen molar-refractivity contribution in [2.75, 3.05) is 12.4 Å². The molecule has 0 unspecified atom stereocenters. The second kappa shape index (κ2) is 8.33. The Balaban J connectivity index is 2.36. The third-order valence-electron chi connectivity index (χ3n) is 4.09. The highest BCUT2D eigenvalue weighted by Gasteiger charge is 2.20. The van der Waals surface area contributed by atoms with Crippen LogP contribution in [0.2, 0.25) is 0 Å². The van der Waals surface area contributed by atoms with Crippen molar-refractivity contribution < 1.29 is 17.9 Å². The Morgan fingerprint density at radius 3 is 2.50 bits per heavy atom. The van der Waals surface area contributed by atoms with Crippen LogP contribution in [0.15, 0.2) is 47.4 Å². The van der Waals surface area contributed by atoms with Crippen LogP contribution in [0, 0.1) is 6.92 Å². The van der Waals surface area contributed by atoms with Crippen molar-refractivity contribution in [3.63, 3.8) is 0 Å². The zero-order valence-electron chi connectivity index (χ0n) is 15.4. The van der Waals surface area contributed by atoms with Crippen molar-refractivity contribution in [3.05, 3.63) is 53.6 Å². The summed E-state index contributed by atoms with van der Waals surface area (Å²) < 4.78 is 32.8. The molecule has 0 aliphatic carbocycles. The van der Waals surface area contributed by atoms with E-state index in [-0.39, 0.29) is 16.8 Å². The number of hydrogen-bond donors (Lipinski definition) is 2. The molecular formula is C19H24N2O4S. The predicted molar refractivity (Wildman–Crippen MR) is 102 cm³/mol. The lowest BCUT2D eigenvalue weighted by Gasteiger charge is -2.15. The maximum atomic E-state index is 12.6. The minimum atomic E-state index is -3.68. The van der Waals surface area contributed by atoms with Crippen LogP contribution in [0.25, 0.3) is 0 Å². The van der Waals surface area contributed by atoms with Crippen molar-refractivity contribution in [2.24, 2.45) is 0 Å². The maximum Gasteiger partial charge on any atom is 0.256 e. The number of ether oxygens (including phenoxy) is 1. The monoisotopic (exact) mass is 376 g/mol. The highest BCUT2D eigenvalue weighted by molar-refractivity contribution is 7.89. The van der Waals surface area contributed by atoms with Crippen molar-refractivity contribution in [2.45, 2.75) is 38.1 Å². The van der Waals surface area contributed by atoms with E-state index in [1.54, 1.807) is 19.1 Å². The second-order valence-electron chi connectivity index (χ2n) is 6.06. The van der Waals surface area contributed by atoms with E-state index in [2.05, 4.69) is 10.0 Å². The standard InChI is InChI=1S/C19H24N2O4S/c1-5-14(3)21-26(23,24)15-10-11-18(25-4)17(12-15)20-19(22)16-9-7-6-8-13(16)2/h6-12,14,21H,5H2,1-4H3,(H,20,22)/t14-/m1/s1. The lowest BCUT2D eigenvalue weighted by molar-refractivity contribution is 0.102. The van der Waals surface area contributed by atoms with Crippen LogP contribution in [0.5, 0.6) is 5.75 Å². The minimum Gasteiger partial charge on any atom is -0.495 e. The fourth-order valence-corrected chi connectivity index (χ4v) is 3.74. The Morgan fingerprint density at radius 2 is 1.88 bits per heavy atom. The highest BCUT2D eigenvalue weighted by Crippen LogP contribution is 2.28. The zero-order valence-corrected chi connectivity index (χ0v) is 16.2. The molecule has 0 saturated carbocycles. The molecule has 0 bridgehead atoms. The first-order valence-electron chi connectivity index (χ1n) is 8.35. The molecular weight excluding hydrogens is 352 g/mol. The van der Waals surface area contributed by atoms with E-state index in [0.717, 1.165) is 5.56 Å². The molecule has 2 rings (SSSR count). The zero-order chi connectivity index (χ0) is 19.3. The van der Waals surface area contributed by atoms with Crippen molar-refractivity contribution in [3.8, 4) is 5.75 Å². The first-order valence-corrected chi connectivity index (χ1v) is 9.84. The molecule has 0 aromatic heterocycles. The van der Waals surface area contributed by atoms with E-state index in [4.69, 9.17) is 4.74 Å². The van der Waals surface area contributed by atoms with Crippen LogP contribution >= 0.6 is 0 Å².